The molecule has 0 bridgehead atoms. The van der Waals surface area contributed by atoms with E-state index in [9.17, 15) is 22.7 Å². The molecule has 3 aromatic rings. The van der Waals surface area contributed by atoms with Crippen molar-refractivity contribution in [3.05, 3.63) is 78.0 Å². The van der Waals surface area contributed by atoms with Gasteiger partial charge < -0.3 is 15.0 Å². The first-order valence-electron chi connectivity index (χ1n) is 12.0. The van der Waals surface area contributed by atoms with E-state index in [-0.39, 0.29) is 23.6 Å². The Hall–Kier alpha value is -3.19. The quantitative estimate of drug-likeness (QED) is 0.338. The summed E-state index contributed by atoms with van der Waals surface area (Å²) >= 11 is 0. The fourth-order valence-corrected chi connectivity index (χ4v) is 5.40. The SMILES string of the molecule is NS(=O)(=O)OC[C@H]1C[C@@H](Nc2ncncc2C(=O)c2ccn(C[C@@H]3C[C@H]3c3ccccc3)c2)[C@@H](F)[C@@H]1O. The summed E-state index contributed by atoms with van der Waals surface area (Å²) < 4.78 is 43.4. The number of benzene rings is 1. The Morgan fingerprint density at radius 3 is 2.76 bits per heavy atom. The highest BCUT2D eigenvalue weighted by molar-refractivity contribution is 7.84. The van der Waals surface area contributed by atoms with Crippen LogP contribution in [0.2, 0.25) is 0 Å². The minimum absolute atomic E-state index is 0.0514. The number of alkyl halides is 1. The molecule has 2 aliphatic rings. The van der Waals surface area contributed by atoms with E-state index in [0.717, 1.165) is 13.0 Å². The minimum atomic E-state index is -4.22. The summed E-state index contributed by atoms with van der Waals surface area (Å²) in [7, 11) is -4.22. The molecule has 6 atom stereocenters. The Kier molecular flexibility index (Phi) is 7.08. The van der Waals surface area contributed by atoms with Crippen molar-refractivity contribution >= 4 is 21.9 Å². The number of ketones is 1. The lowest BCUT2D eigenvalue weighted by atomic mass is 10.1. The third-order valence-corrected chi connectivity index (χ3v) is 7.55. The Morgan fingerprint density at radius 1 is 1.22 bits per heavy atom. The first kappa shape index (κ1) is 25.5. The van der Waals surface area contributed by atoms with Crippen molar-refractivity contribution in [2.24, 2.45) is 17.0 Å². The van der Waals surface area contributed by atoms with Crippen LogP contribution >= 0.6 is 0 Å². The Balaban J connectivity index is 1.24. The molecule has 2 aromatic heterocycles. The molecule has 0 amide bonds. The van der Waals surface area contributed by atoms with Crippen molar-refractivity contribution in [3.8, 4) is 0 Å². The summed E-state index contributed by atoms with van der Waals surface area (Å²) in [4.78, 5) is 21.4. The van der Waals surface area contributed by atoms with Gasteiger partial charge in [-0.25, -0.2) is 19.5 Å². The minimum Gasteiger partial charge on any atom is -0.390 e. The second kappa shape index (κ2) is 10.3. The van der Waals surface area contributed by atoms with Gasteiger partial charge in [0.05, 0.1) is 24.3 Å². The summed E-state index contributed by atoms with van der Waals surface area (Å²) in [6.45, 7) is 0.350. The summed E-state index contributed by atoms with van der Waals surface area (Å²) in [5.74, 6) is 0.0439. The highest BCUT2D eigenvalue weighted by atomic mass is 32.2. The number of halogens is 1. The van der Waals surface area contributed by atoms with Crippen molar-refractivity contribution in [2.75, 3.05) is 11.9 Å². The van der Waals surface area contributed by atoms with Crippen LogP contribution in [0, 0.1) is 11.8 Å². The number of hydrogen-bond acceptors (Lipinski definition) is 8. The van der Waals surface area contributed by atoms with E-state index in [0.29, 0.717) is 17.4 Å². The Labute approximate surface area is 214 Å². The normalized spacial score (nSPS) is 27.2. The number of rotatable bonds is 10. The Bertz CT molecular complexity index is 1370. The van der Waals surface area contributed by atoms with Gasteiger partial charge in [0, 0.05) is 36.6 Å². The molecule has 0 aliphatic heterocycles. The molecular weight excluding hydrogens is 501 g/mol. The molecule has 0 unspecified atom stereocenters. The number of aliphatic hydroxyl groups is 1. The molecule has 196 valence electrons. The van der Waals surface area contributed by atoms with E-state index < -0.39 is 41.1 Å². The smallest absolute Gasteiger partial charge is 0.333 e. The molecule has 12 heteroatoms. The number of aromatic nitrogens is 3. The van der Waals surface area contributed by atoms with Crippen LogP contribution in [-0.4, -0.2) is 58.8 Å². The maximum atomic E-state index is 14.8. The lowest BCUT2D eigenvalue weighted by molar-refractivity contribution is 0.0501. The monoisotopic (exact) mass is 529 g/mol. The number of nitrogens with zero attached hydrogens (tertiary/aromatic N) is 3. The van der Waals surface area contributed by atoms with Gasteiger partial charge in [0.15, 0.2) is 5.78 Å². The number of carbonyl (C=O) groups is 1. The number of nitrogens with two attached hydrogens (primary N) is 1. The maximum absolute atomic E-state index is 14.8. The second-order valence-electron chi connectivity index (χ2n) is 9.68. The van der Waals surface area contributed by atoms with Crippen LogP contribution in [0.5, 0.6) is 0 Å². The van der Waals surface area contributed by atoms with Crippen LogP contribution in [0.1, 0.15) is 40.2 Å². The van der Waals surface area contributed by atoms with Crippen LogP contribution in [0.4, 0.5) is 10.2 Å². The summed E-state index contributed by atoms with van der Waals surface area (Å²) in [5, 5.41) is 17.9. The van der Waals surface area contributed by atoms with Gasteiger partial charge in [-0.1, -0.05) is 30.3 Å². The van der Waals surface area contributed by atoms with Gasteiger partial charge in [0.25, 0.3) is 0 Å². The summed E-state index contributed by atoms with van der Waals surface area (Å²) in [5.41, 5.74) is 1.95. The van der Waals surface area contributed by atoms with Gasteiger partial charge in [0.2, 0.25) is 0 Å². The molecule has 0 radical (unpaired) electrons. The number of hydrogen-bond donors (Lipinski definition) is 3. The highest BCUT2D eigenvalue weighted by Crippen LogP contribution is 2.48. The van der Waals surface area contributed by atoms with Crippen LogP contribution in [0.3, 0.4) is 0 Å². The van der Waals surface area contributed by atoms with E-state index in [1.54, 1.807) is 12.3 Å². The largest absolute Gasteiger partial charge is 0.390 e. The van der Waals surface area contributed by atoms with Crippen LogP contribution in [0.15, 0.2) is 61.3 Å². The standard InChI is InChI=1S/C25H28FN5O5S/c26-22-21(9-18(24(22)33)13-36-37(27,34)35)30-25-20(10-28-14-29-25)23(32)16-6-7-31(11-16)12-17-8-19(17)15-4-2-1-3-5-15/h1-7,10-11,14,17-19,21-22,24,33H,8-9,12-13H2,(H2,27,34,35)(H,28,29,30)/t17-,18+,19-,21+,22+,24+/m0/s1. The van der Waals surface area contributed by atoms with Crippen LogP contribution in [-0.2, 0) is 21.0 Å². The van der Waals surface area contributed by atoms with E-state index in [4.69, 9.17) is 5.14 Å². The maximum Gasteiger partial charge on any atom is 0.333 e. The number of carbonyl (C=O) groups excluding carboxylic acids is 1. The molecule has 2 heterocycles. The molecule has 2 aliphatic carbocycles. The molecule has 2 saturated carbocycles. The molecule has 4 N–H and O–H groups in total. The van der Waals surface area contributed by atoms with Gasteiger partial charge in [-0.2, -0.15) is 8.42 Å². The Morgan fingerprint density at radius 2 is 2.00 bits per heavy atom. The third-order valence-electron chi connectivity index (χ3n) is 7.08. The third kappa shape index (κ3) is 5.87. The first-order valence-corrected chi connectivity index (χ1v) is 13.5. The van der Waals surface area contributed by atoms with Crippen molar-refractivity contribution < 1.29 is 26.9 Å². The average Bonchev–Trinajstić information content (AvgIpc) is 3.40. The number of aliphatic hydroxyl groups excluding tert-OH is 1. The second-order valence-corrected chi connectivity index (χ2v) is 10.9. The zero-order chi connectivity index (χ0) is 26.2. The first-order chi connectivity index (χ1) is 17.7. The molecular formula is C25H28FN5O5S. The number of anilines is 1. The topological polar surface area (TPSA) is 149 Å². The van der Waals surface area contributed by atoms with Crippen LogP contribution in [0.25, 0.3) is 0 Å². The molecule has 1 aromatic carbocycles. The molecule has 0 spiro atoms. The van der Waals surface area contributed by atoms with Gasteiger partial charge in [0.1, 0.15) is 18.3 Å². The fourth-order valence-electron chi connectivity index (χ4n) is 5.04. The number of nitrogens with one attached hydrogen (secondary N) is 1. The van der Waals surface area contributed by atoms with Crippen molar-refractivity contribution in [2.45, 2.75) is 43.6 Å². The predicted octanol–water partition coefficient (Wildman–Crippen LogP) is 2.03. The highest BCUT2D eigenvalue weighted by Gasteiger charge is 2.44. The molecule has 0 saturated heterocycles. The van der Waals surface area contributed by atoms with Crippen molar-refractivity contribution in [3.63, 3.8) is 0 Å². The summed E-state index contributed by atoms with van der Waals surface area (Å²) in [6.07, 6.45) is 4.22. The molecule has 10 nitrogen and oxygen atoms in total. The van der Waals surface area contributed by atoms with E-state index in [1.165, 1.54) is 18.1 Å². The molecule has 37 heavy (non-hydrogen) atoms. The van der Waals surface area contributed by atoms with Crippen molar-refractivity contribution in [1.29, 1.82) is 0 Å². The zero-order valence-electron chi connectivity index (χ0n) is 19.9. The molecule has 2 fully saturated rings. The fraction of sp³-hybridized carbons (Fsp3) is 0.400. The van der Waals surface area contributed by atoms with Gasteiger partial charge >= 0.3 is 10.3 Å². The summed E-state index contributed by atoms with van der Waals surface area (Å²) in [6, 6.07) is 11.2. The lowest BCUT2D eigenvalue weighted by Gasteiger charge is -2.18. The predicted molar refractivity (Wildman–Crippen MR) is 133 cm³/mol. The van der Waals surface area contributed by atoms with E-state index in [2.05, 4.69) is 31.6 Å². The van der Waals surface area contributed by atoms with Gasteiger partial charge in [-0.15, -0.1) is 0 Å². The van der Waals surface area contributed by atoms with Crippen LogP contribution < -0.4 is 10.5 Å². The van der Waals surface area contributed by atoms with Gasteiger partial charge in [-0.3, -0.25) is 8.98 Å². The van der Waals surface area contributed by atoms with E-state index >= 15 is 0 Å². The average molecular weight is 530 g/mol. The van der Waals surface area contributed by atoms with Crippen molar-refractivity contribution in [1.82, 2.24) is 14.5 Å². The van der Waals surface area contributed by atoms with E-state index in [1.807, 2.05) is 29.0 Å². The van der Waals surface area contributed by atoms with Gasteiger partial charge in [-0.05, 0) is 36.3 Å². The zero-order valence-corrected chi connectivity index (χ0v) is 20.7. The molecule has 5 rings (SSSR count). The lowest BCUT2D eigenvalue weighted by Crippen LogP contribution is -2.33.